The second-order valence-electron chi connectivity index (χ2n) is 7.34. The number of halogens is 3. The highest BCUT2D eigenvalue weighted by molar-refractivity contribution is 5.86. The van der Waals surface area contributed by atoms with Crippen molar-refractivity contribution in [1.82, 2.24) is 19.5 Å². The smallest absolute Gasteiger partial charge is 0.416 e. The van der Waals surface area contributed by atoms with Gasteiger partial charge in [-0.05, 0) is 41.5 Å². The van der Waals surface area contributed by atoms with Gasteiger partial charge in [-0.3, -0.25) is 0 Å². The van der Waals surface area contributed by atoms with E-state index in [1.807, 2.05) is 18.2 Å². The summed E-state index contributed by atoms with van der Waals surface area (Å²) in [4.78, 5) is 23.7. The van der Waals surface area contributed by atoms with Gasteiger partial charge in [0.1, 0.15) is 17.1 Å². The highest BCUT2D eigenvalue weighted by atomic mass is 19.4. The van der Waals surface area contributed by atoms with Gasteiger partial charge in [0.15, 0.2) is 5.65 Å². The predicted molar refractivity (Wildman–Crippen MR) is 107 cm³/mol. The van der Waals surface area contributed by atoms with E-state index in [-0.39, 0.29) is 18.0 Å². The van der Waals surface area contributed by atoms with Gasteiger partial charge in [0.25, 0.3) is 0 Å². The van der Waals surface area contributed by atoms with Crippen molar-refractivity contribution in [2.24, 2.45) is 0 Å². The number of ether oxygens (including phenoxy) is 1. The topological polar surface area (TPSA) is 90.1 Å². The van der Waals surface area contributed by atoms with Crippen LogP contribution in [-0.2, 0) is 19.1 Å². The number of fused-ring (bicyclic) bond motifs is 2. The Morgan fingerprint density at radius 2 is 1.91 bits per heavy atom. The second-order valence-corrected chi connectivity index (χ2v) is 7.34. The Bertz CT molecular complexity index is 1350. The molecular weight excluding hydrogens is 425 g/mol. The molecule has 162 valence electrons. The number of imidazole rings is 1. The molecular formula is C22H15F3N4O3. The van der Waals surface area contributed by atoms with Crippen molar-refractivity contribution in [3.05, 3.63) is 71.2 Å². The van der Waals surface area contributed by atoms with Crippen LogP contribution in [-0.4, -0.2) is 37.2 Å². The number of alkyl halides is 3. The average Bonchev–Trinajstić information content (AvgIpc) is 3.37. The minimum atomic E-state index is -4.42. The van der Waals surface area contributed by atoms with Crippen LogP contribution in [0, 0.1) is 0 Å². The van der Waals surface area contributed by atoms with Gasteiger partial charge in [-0.25, -0.2) is 19.7 Å². The largest absolute Gasteiger partial charge is 0.493 e. The molecule has 4 aromatic rings. The number of aromatic nitrogens is 4. The van der Waals surface area contributed by atoms with Crippen LogP contribution in [0.5, 0.6) is 5.75 Å². The summed E-state index contributed by atoms with van der Waals surface area (Å²) in [6.45, 7) is 0.793. The lowest BCUT2D eigenvalue weighted by Gasteiger charge is -2.12. The number of carboxylic acids is 1. The standard InChI is InChI=1S/C22H15F3N4O3/c23-22(24,25)15-4-1-12(2-5-15)11-29-16-10-26-19(21(30)31)27-18(16)28-20(29)14-3-6-17-13(9-14)7-8-32-17/h1-6,9-10H,7-8,11H2,(H,30,31). The van der Waals surface area contributed by atoms with Crippen LogP contribution in [0.25, 0.3) is 22.6 Å². The highest BCUT2D eigenvalue weighted by Crippen LogP contribution is 2.33. The number of hydrogen-bond acceptors (Lipinski definition) is 5. The molecule has 0 spiro atoms. The first kappa shape index (κ1) is 20.0. The molecule has 0 amide bonds. The van der Waals surface area contributed by atoms with Crippen molar-refractivity contribution in [3.63, 3.8) is 0 Å². The molecule has 0 unspecified atom stereocenters. The van der Waals surface area contributed by atoms with Crippen LogP contribution in [0.15, 0.2) is 48.7 Å². The van der Waals surface area contributed by atoms with Crippen LogP contribution < -0.4 is 4.74 Å². The number of aromatic carboxylic acids is 1. The Morgan fingerprint density at radius 3 is 2.62 bits per heavy atom. The fourth-order valence-electron chi connectivity index (χ4n) is 3.70. The maximum Gasteiger partial charge on any atom is 0.416 e. The van der Waals surface area contributed by atoms with Crippen molar-refractivity contribution in [3.8, 4) is 17.1 Å². The molecule has 32 heavy (non-hydrogen) atoms. The molecule has 0 atom stereocenters. The lowest BCUT2D eigenvalue weighted by Crippen LogP contribution is -2.07. The quantitative estimate of drug-likeness (QED) is 0.512. The summed E-state index contributed by atoms with van der Waals surface area (Å²) in [6, 6.07) is 10.5. The summed E-state index contributed by atoms with van der Waals surface area (Å²) >= 11 is 0. The maximum absolute atomic E-state index is 12.9. The van der Waals surface area contributed by atoms with E-state index in [4.69, 9.17) is 4.74 Å². The van der Waals surface area contributed by atoms with E-state index in [1.165, 1.54) is 18.3 Å². The number of nitrogens with zero attached hydrogens (tertiary/aromatic N) is 4. The predicted octanol–water partition coefficient (Wildman–Crippen LogP) is 4.19. The summed E-state index contributed by atoms with van der Waals surface area (Å²) in [5.74, 6) is -0.357. The van der Waals surface area contributed by atoms with E-state index in [0.29, 0.717) is 23.5 Å². The Balaban J connectivity index is 1.62. The zero-order chi connectivity index (χ0) is 22.5. The first-order valence-electron chi connectivity index (χ1n) is 9.68. The zero-order valence-corrected chi connectivity index (χ0v) is 16.4. The molecule has 2 aromatic heterocycles. The fraction of sp³-hybridized carbons (Fsp3) is 0.182. The van der Waals surface area contributed by atoms with E-state index in [2.05, 4.69) is 15.0 Å². The molecule has 0 aliphatic carbocycles. The minimum Gasteiger partial charge on any atom is -0.493 e. The Morgan fingerprint density at radius 1 is 1.12 bits per heavy atom. The van der Waals surface area contributed by atoms with Crippen LogP contribution in [0.3, 0.4) is 0 Å². The monoisotopic (exact) mass is 440 g/mol. The third kappa shape index (κ3) is 3.53. The van der Waals surface area contributed by atoms with Crippen molar-refractivity contribution in [1.29, 1.82) is 0 Å². The molecule has 0 bridgehead atoms. The average molecular weight is 440 g/mol. The van der Waals surface area contributed by atoms with E-state index >= 15 is 0 Å². The van der Waals surface area contributed by atoms with Gasteiger partial charge in [-0.1, -0.05) is 12.1 Å². The molecule has 0 fully saturated rings. The third-order valence-corrected chi connectivity index (χ3v) is 5.27. The van der Waals surface area contributed by atoms with Gasteiger partial charge in [0.2, 0.25) is 5.82 Å². The molecule has 5 rings (SSSR count). The maximum atomic E-state index is 12.9. The summed E-state index contributed by atoms with van der Waals surface area (Å²) in [6.07, 6.45) is -2.30. The summed E-state index contributed by atoms with van der Waals surface area (Å²) in [7, 11) is 0. The molecule has 7 nitrogen and oxygen atoms in total. The molecule has 3 heterocycles. The first-order valence-corrected chi connectivity index (χ1v) is 9.68. The van der Waals surface area contributed by atoms with Crippen LogP contribution in [0.4, 0.5) is 13.2 Å². The molecule has 0 saturated carbocycles. The third-order valence-electron chi connectivity index (χ3n) is 5.27. The summed E-state index contributed by atoms with van der Waals surface area (Å²) in [5.41, 5.74) is 2.33. The van der Waals surface area contributed by atoms with Gasteiger partial charge in [0.05, 0.1) is 18.4 Å². The number of carbonyl (C=O) groups is 1. The van der Waals surface area contributed by atoms with Crippen LogP contribution >= 0.6 is 0 Å². The molecule has 10 heteroatoms. The number of rotatable bonds is 4. The van der Waals surface area contributed by atoms with Crippen LogP contribution in [0.1, 0.15) is 27.3 Å². The highest BCUT2D eigenvalue weighted by Gasteiger charge is 2.30. The second kappa shape index (κ2) is 7.33. The van der Waals surface area contributed by atoms with Crippen molar-refractivity contribution < 1.29 is 27.8 Å². The minimum absolute atomic E-state index is 0.191. The molecule has 1 aliphatic rings. The molecule has 1 aliphatic heterocycles. The van der Waals surface area contributed by atoms with Gasteiger partial charge < -0.3 is 14.4 Å². The van der Waals surface area contributed by atoms with E-state index in [9.17, 15) is 23.1 Å². The summed E-state index contributed by atoms with van der Waals surface area (Å²) < 4.78 is 46.1. The van der Waals surface area contributed by atoms with Gasteiger partial charge in [-0.2, -0.15) is 13.2 Å². The Hall–Kier alpha value is -3.95. The Labute approximate surface area is 179 Å². The zero-order valence-electron chi connectivity index (χ0n) is 16.4. The molecule has 1 N–H and O–H groups in total. The SMILES string of the molecule is O=C(O)c1ncc2c(n1)nc(-c1ccc3c(c1)CCO3)n2Cc1ccc(C(F)(F)F)cc1. The molecule has 0 radical (unpaired) electrons. The Kier molecular flexibility index (Phi) is 4.58. The van der Waals surface area contributed by atoms with Crippen LogP contribution in [0.2, 0.25) is 0 Å². The molecule has 2 aromatic carbocycles. The number of benzene rings is 2. The van der Waals surface area contributed by atoms with Gasteiger partial charge >= 0.3 is 12.1 Å². The van der Waals surface area contributed by atoms with E-state index in [1.54, 1.807) is 4.57 Å². The van der Waals surface area contributed by atoms with E-state index in [0.717, 1.165) is 35.4 Å². The molecule has 0 saturated heterocycles. The van der Waals surface area contributed by atoms with Gasteiger partial charge in [-0.15, -0.1) is 0 Å². The number of hydrogen-bond donors (Lipinski definition) is 1. The lowest BCUT2D eigenvalue weighted by molar-refractivity contribution is -0.137. The normalized spacial score (nSPS) is 13.2. The van der Waals surface area contributed by atoms with Crippen molar-refractivity contribution in [2.75, 3.05) is 6.61 Å². The lowest BCUT2D eigenvalue weighted by atomic mass is 10.1. The van der Waals surface area contributed by atoms with Crippen molar-refractivity contribution >= 4 is 17.1 Å². The fourth-order valence-corrected chi connectivity index (χ4v) is 3.70. The van der Waals surface area contributed by atoms with Crippen molar-refractivity contribution in [2.45, 2.75) is 19.1 Å². The number of carboxylic acid groups (broad SMARTS) is 1. The summed E-state index contributed by atoms with van der Waals surface area (Å²) in [5, 5.41) is 9.20. The van der Waals surface area contributed by atoms with Gasteiger partial charge in [0, 0.05) is 18.5 Å². The first-order chi connectivity index (χ1) is 15.3. The van der Waals surface area contributed by atoms with E-state index < -0.39 is 17.7 Å².